The lowest BCUT2D eigenvalue weighted by molar-refractivity contribution is -0.134. The predicted octanol–water partition coefficient (Wildman–Crippen LogP) is 2.80. The Morgan fingerprint density at radius 1 is 0.917 bits per heavy atom. The van der Waals surface area contributed by atoms with Gasteiger partial charge in [-0.3, -0.25) is 9.59 Å². The van der Waals surface area contributed by atoms with Gasteiger partial charge < -0.3 is 14.5 Å². The van der Waals surface area contributed by atoms with Gasteiger partial charge in [-0.1, -0.05) is 13.8 Å². The van der Waals surface area contributed by atoms with Gasteiger partial charge in [0.25, 0.3) is 5.91 Å². The van der Waals surface area contributed by atoms with Crippen molar-refractivity contribution >= 4 is 11.8 Å². The zero-order valence-corrected chi connectivity index (χ0v) is 15.1. The minimum atomic E-state index is 0.000697. The predicted molar refractivity (Wildman–Crippen MR) is 94.1 cm³/mol. The Labute approximate surface area is 144 Å². The highest BCUT2D eigenvalue weighted by atomic mass is 16.5. The van der Waals surface area contributed by atoms with Crippen molar-refractivity contribution in [2.45, 2.75) is 40.2 Å². The maximum Gasteiger partial charge on any atom is 0.253 e. The first-order chi connectivity index (χ1) is 11.4. The summed E-state index contributed by atoms with van der Waals surface area (Å²) < 4.78 is 5.61. The van der Waals surface area contributed by atoms with Crippen LogP contribution in [0.4, 0.5) is 0 Å². The molecular formula is C19H28N2O3. The van der Waals surface area contributed by atoms with Crippen LogP contribution in [0.25, 0.3) is 0 Å². The van der Waals surface area contributed by atoms with E-state index in [0.717, 1.165) is 18.7 Å². The van der Waals surface area contributed by atoms with Crippen molar-refractivity contribution in [3.05, 3.63) is 29.8 Å². The minimum absolute atomic E-state index is 0.000697. The summed E-state index contributed by atoms with van der Waals surface area (Å²) in [6.07, 6.45) is 0.931. The molecule has 0 radical (unpaired) electrons. The molecule has 2 amide bonds. The van der Waals surface area contributed by atoms with Crippen molar-refractivity contribution in [3.63, 3.8) is 0 Å². The maximum absolute atomic E-state index is 12.7. The summed E-state index contributed by atoms with van der Waals surface area (Å²) in [5.74, 6) is 0.955. The molecule has 0 saturated carbocycles. The Balaban J connectivity index is 1.98. The van der Waals surface area contributed by atoms with Crippen LogP contribution < -0.4 is 4.74 Å². The van der Waals surface area contributed by atoms with Gasteiger partial charge in [-0.05, 0) is 44.5 Å². The summed E-state index contributed by atoms with van der Waals surface area (Å²) in [4.78, 5) is 28.5. The molecule has 5 heteroatoms. The van der Waals surface area contributed by atoms with Gasteiger partial charge in [-0.15, -0.1) is 0 Å². The van der Waals surface area contributed by atoms with Gasteiger partial charge >= 0.3 is 0 Å². The molecule has 1 heterocycles. The van der Waals surface area contributed by atoms with E-state index in [1.54, 1.807) is 0 Å². The summed E-state index contributed by atoms with van der Waals surface area (Å²) in [6.45, 7) is 10.4. The second kappa shape index (κ2) is 8.18. The van der Waals surface area contributed by atoms with Crippen LogP contribution in [0, 0.1) is 5.92 Å². The number of rotatable bonds is 4. The van der Waals surface area contributed by atoms with Crippen molar-refractivity contribution in [3.8, 4) is 5.75 Å². The first kappa shape index (κ1) is 18.3. The number of amides is 2. The molecule has 1 saturated heterocycles. The lowest BCUT2D eigenvalue weighted by Crippen LogP contribution is -2.38. The molecule has 0 aromatic heterocycles. The molecule has 5 nitrogen and oxygen atoms in total. The molecule has 0 unspecified atom stereocenters. The average molecular weight is 332 g/mol. The number of carbonyl (C=O) groups excluding carboxylic acids is 2. The van der Waals surface area contributed by atoms with Crippen LogP contribution in [-0.4, -0.2) is 53.9 Å². The molecule has 0 aliphatic carbocycles. The molecule has 0 N–H and O–H groups in total. The number of ether oxygens (including phenoxy) is 1. The molecule has 1 aromatic carbocycles. The summed E-state index contributed by atoms with van der Waals surface area (Å²) >= 11 is 0. The SMILES string of the molecule is CC(C)Oc1ccc(C(=O)N2CCCN(C(=O)C(C)C)CC2)cc1. The second-order valence-electron chi connectivity index (χ2n) is 6.82. The molecule has 0 spiro atoms. The van der Waals surface area contributed by atoms with Crippen LogP contribution in [-0.2, 0) is 4.79 Å². The highest BCUT2D eigenvalue weighted by molar-refractivity contribution is 5.94. The van der Waals surface area contributed by atoms with Crippen molar-refractivity contribution < 1.29 is 14.3 Å². The number of hydrogen-bond acceptors (Lipinski definition) is 3. The zero-order valence-electron chi connectivity index (χ0n) is 15.1. The maximum atomic E-state index is 12.7. The summed E-state index contributed by atoms with van der Waals surface area (Å²) in [5.41, 5.74) is 0.662. The number of hydrogen-bond donors (Lipinski definition) is 0. The summed E-state index contributed by atoms with van der Waals surface area (Å²) in [7, 11) is 0. The van der Waals surface area contributed by atoms with Gasteiger partial charge in [0.15, 0.2) is 0 Å². The largest absolute Gasteiger partial charge is 0.491 e. The van der Waals surface area contributed by atoms with Gasteiger partial charge in [0.05, 0.1) is 6.10 Å². The third-order valence-electron chi connectivity index (χ3n) is 4.06. The highest BCUT2D eigenvalue weighted by Gasteiger charge is 2.24. The zero-order chi connectivity index (χ0) is 17.7. The van der Waals surface area contributed by atoms with Crippen LogP contribution in [0.5, 0.6) is 5.75 Å². The fraction of sp³-hybridized carbons (Fsp3) is 0.579. The number of benzene rings is 1. The Bertz CT molecular complexity index is 566. The Morgan fingerprint density at radius 2 is 1.50 bits per heavy atom. The normalized spacial score (nSPS) is 15.6. The van der Waals surface area contributed by atoms with E-state index in [1.807, 2.05) is 61.8 Å². The smallest absolute Gasteiger partial charge is 0.253 e. The molecule has 1 aliphatic heterocycles. The van der Waals surface area contributed by atoms with Gasteiger partial charge in [0.1, 0.15) is 5.75 Å². The first-order valence-corrected chi connectivity index (χ1v) is 8.73. The molecule has 24 heavy (non-hydrogen) atoms. The summed E-state index contributed by atoms with van der Waals surface area (Å²) in [5, 5.41) is 0. The van der Waals surface area contributed by atoms with Crippen LogP contribution in [0.1, 0.15) is 44.5 Å². The lowest BCUT2D eigenvalue weighted by atomic mass is 10.2. The molecule has 132 valence electrons. The molecule has 1 aliphatic rings. The van der Waals surface area contributed by atoms with E-state index in [2.05, 4.69) is 0 Å². The fourth-order valence-electron chi connectivity index (χ4n) is 2.84. The Kier molecular flexibility index (Phi) is 6.23. The third kappa shape index (κ3) is 4.73. The molecule has 1 aromatic rings. The third-order valence-corrected chi connectivity index (χ3v) is 4.06. The van der Waals surface area contributed by atoms with Crippen molar-refractivity contribution in [1.82, 2.24) is 9.80 Å². The Hall–Kier alpha value is -2.04. The van der Waals surface area contributed by atoms with E-state index in [-0.39, 0.29) is 23.8 Å². The highest BCUT2D eigenvalue weighted by Crippen LogP contribution is 2.16. The van der Waals surface area contributed by atoms with E-state index in [0.29, 0.717) is 25.2 Å². The first-order valence-electron chi connectivity index (χ1n) is 8.73. The van der Waals surface area contributed by atoms with E-state index in [9.17, 15) is 9.59 Å². The number of nitrogens with zero attached hydrogens (tertiary/aromatic N) is 2. The van der Waals surface area contributed by atoms with Crippen LogP contribution in [0.15, 0.2) is 24.3 Å². The molecule has 0 atom stereocenters. The van der Waals surface area contributed by atoms with E-state index in [1.165, 1.54) is 0 Å². The Morgan fingerprint density at radius 3 is 2.08 bits per heavy atom. The van der Waals surface area contributed by atoms with Gasteiger partial charge in [0.2, 0.25) is 5.91 Å². The minimum Gasteiger partial charge on any atom is -0.491 e. The van der Waals surface area contributed by atoms with Crippen molar-refractivity contribution in [2.75, 3.05) is 26.2 Å². The lowest BCUT2D eigenvalue weighted by Gasteiger charge is -2.23. The van der Waals surface area contributed by atoms with Gasteiger partial charge in [0, 0.05) is 37.7 Å². The topological polar surface area (TPSA) is 49.9 Å². The average Bonchev–Trinajstić information content (AvgIpc) is 2.79. The van der Waals surface area contributed by atoms with E-state index >= 15 is 0 Å². The molecule has 0 bridgehead atoms. The van der Waals surface area contributed by atoms with E-state index < -0.39 is 0 Å². The molecule has 1 fully saturated rings. The van der Waals surface area contributed by atoms with Crippen molar-refractivity contribution in [1.29, 1.82) is 0 Å². The van der Waals surface area contributed by atoms with E-state index in [4.69, 9.17) is 4.74 Å². The standard InChI is InChI=1S/C19H28N2O3/c1-14(2)18(22)20-10-5-11-21(13-12-20)19(23)16-6-8-17(9-7-16)24-15(3)4/h6-9,14-15H,5,10-13H2,1-4H3. The second-order valence-corrected chi connectivity index (χ2v) is 6.82. The van der Waals surface area contributed by atoms with Crippen molar-refractivity contribution in [2.24, 2.45) is 5.92 Å². The molecular weight excluding hydrogens is 304 g/mol. The number of carbonyl (C=O) groups is 2. The summed E-state index contributed by atoms with van der Waals surface area (Å²) in [6, 6.07) is 7.28. The monoisotopic (exact) mass is 332 g/mol. The van der Waals surface area contributed by atoms with Gasteiger partial charge in [-0.25, -0.2) is 0 Å². The van der Waals surface area contributed by atoms with Crippen LogP contribution in [0.2, 0.25) is 0 Å². The van der Waals surface area contributed by atoms with Crippen LogP contribution >= 0.6 is 0 Å². The van der Waals surface area contributed by atoms with Crippen LogP contribution in [0.3, 0.4) is 0 Å². The fourth-order valence-corrected chi connectivity index (χ4v) is 2.84. The van der Waals surface area contributed by atoms with Gasteiger partial charge in [-0.2, -0.15) is 0 Å². The quantitative estimate of drug-likeness (QED) is 0.852. The molecule has 2 rings (SSSR count).